The fraction of sp³-hybridized carbons (Fsp3) is 0.667. The van der Waals surface area contributed by atoms with Gasteiger partial charge in [0, 0.05) is 26.7 Å². The highest BCUT2D eigenvalue weighted by Crippen LogP contribution is 2.12. The summed E-state index contributed by atoms with van der Waals surface area (Å²) in [4.78, 5) is 4.02. The lowest BCUT2D eigenvalue weighted by atomic mass is 10.1. The maximum Gasteiger partial charge on any atom is 0.181 e. The molecule has 0 radical (unpaired) electrons. The minimum absolute atomic E-state index is 0.434. The van der Waals surface area contributed by atoms with E-state index in [1.165, 1.54) is 6.39 Å². The van der Waals surface area contributed by atoms with Crippen LogP contribution in [0.2, 0.25) is 0 Å². The Morgan fingerprint density at radius 1 is 1.69 bits per heavy atom. The second-order valence-electron chi connectivity index (χ2n) is 3.19. The molecule has 1 rings (SSSR count). The van der Waals surface area contributed by atoms with Crippen molar-refractivity contribution in [3.05, 3.63) is 17.8 Å². The number of ether oxygens (including phenoxy) is 1. The molecule has 0 saturated heterocycles. The number of hydrogen-bond donors (Lipinski definition) is 1. The van der Waals surface area contributed by atoms with Crippen LogP contribution in [0.4, 0.5) is 0 Å². The van der Waals surface area contributed by atoms with Gasteiger partial charge in [-0.3, -0.25) is 0 Å². The highest BCUT2D eigenvalue weighted by atomic mass is 16.5. The first-order valence-corrected chi connectivity index (χ1v) is 4.38. The Morgan fingerprint density at radius 2 is 2.46 bits per heavy atom. The molecular formula is C9H16N2O2. The molecule has 4 heteroatoms. The minimum atomic E-state index is 0.434. The summed E-state index contributed by atoms with van der Waals surface area (Å²) >= 11 is 0. The number of nitrogens with zero attached hydrogens (tertiary/aromatic N) is 1. The van der Waals surface area contributed by atoms with E-state index in [-0.39, 0.29) is 0 Å². The van der Waals surface area contributed by atoms with Gasteiger partial charge in [0.05, 0.1) is 5.69 Å². The topological polar surface area (TPSA) is 61.3 Å². The molecule has 74 valence electrons. The molecule has 0 aliphatic carbocycles. The summed E-state index contributed by atoms with van der Waals surface area (Å²) in [7, 11) is 1.70. The molecule has 0 aliphatic heterocycles. The van der Waals surface area contributed by atoms with Gasteiger partial charge < -0.3 is 14.9 Å². The van der Waals surface area contributed by atoms with Crippen LogP contribution in [0.1, 0.15) is 18.4 Å². The van der Waals surface area contributed by atoms with Gasteiger partial charge in [0.15, 0.2) is 6.39 Å². The van der Waals surface area contributed by atoms with Gasteiger partial charge in [-0.1, -0.05) is 6.92 Å². The van der Waals surface area contributed by atoms with E-state index >= 15 is 0 Å². The quantitative estimate of drug-likeness (QED) is 0.740. The molecule has 0 spiro atoms. The molecule has 1 aromatic rings. The molecule has 1 heterocycles. The molecule has 0 aliphatic rings. The van der Waals surface area contributed by atoms with Crippen LogP contribution in [0.5, 0.6) is 0 Å². The van der Waals surface area contributed by atoms with Gasteiger partial charge in [0.25, 0.3) is 0 Å². The predicted molar refractivity (Wildman–Crippen MR) is 49.1 cm³/mol. The van der Waals surface area contributed by atoms with Crippen molar-refractivity contribution in [3.8, 4) is 0 Å². The number of methoxy groups -OCH3 is 1. The summed E-state index contributed by atoms with van der Waals surface area (Å²) < 4.78 is 10.3. The second kappa shape index (κ2) is 4.99. The summed E-state index contributed by atoms with van der Waals surface area (Å²) in [6.07, 6.45) is 2.28. The van der Waals surface area contributed by atoms with Crippen molar-refractivity contribution in [2.45, 2.75) is 19.9 Å². The van der Waals surface area contributed by atoms with Crippen molar-refractivity contribution in [1.82, 2.24) is 4.98 Å². The number of oxazole rings is 1. The maximum atomic E-state index is 5.49. The molecule has 0 aromatic carbocycles. The van der Waals surface area contributed by atoms with E-state index < -0.39 is 0 Å². The van der Waals surface area contributed by atoms with Crippen molar-refractivity contribution in [2.24, 2.45) is 11.7 Å². The summed E-state index contributed by atoms with van der Waals surface area (Å²) in [5.74, 6) is 1.32. The van der Waals surface area contributed by atoms with Crippen molar-refractivity contribution < 1.29 is 9.15 Å². The smallest absolute Gasteiger partial charge is 0.181 e. The minimum Gasteiger partial charge on any atom is -0.448 e. The lowest BCUT2D eigenvalue weighted by Crippen LogP contribution is -2.09. The zero-order chi connectivity index (χ0) is 9.68. The van der Waals surface area contributed by atoms with Crippen molar-refractivity contribution in [2.75, 3.05) is 13.7 Å². The van der Waals surface area contributed by atoms with E-state index in [1.54, 1.807) is 7.11 Å². The molecule has 0 saturated carbocycles. The zero-order valence-electron chi connectivity index (χ0n) is 8.12. The second-order valence-corrected chi connectivity index (χ2v) is 3.19. The average molecular weight is 184 g/mol. The van der Waals surface area contributed by atoms with Crippen molar-refractivity contribution >= 4 is 0 Å². The summed E-state index contributed by atoms with van der Waals surface area (Å²) in [5, 5.41) is 0. The number of aromatic nitrogens is 1. The van der Waals surface area contributed by atoms with E-state index in [4.69, 9.17) is 14.9 Å². The Balaban J connectivity index is 2.52. The van der Waals surface area contributed by atoms with E-state index in [2.05, 4.69) is 11.9 Å². The first-order valence-electron chi connectivity index (χ1n) is 4.38. The Labute approximate surface area is 78.1 Å². The van der Waals surface area contributed by atoms with Gasteiger partial charge in [-0.05, 0) is 5.92 Å². The summed E-state index contributed by atoms with van der Waals surface area (Å²) in [5.41, 5.74) is 6.34. The standard InChI is InChI=1S/C9H16N2O2/c1-7(5-12-2)3-9-8(4-10)11-6-13-9/h6-7H,3-5,10H2,1-2H3. The van der Waals surface area contributed by atoms with Crippen LogP contribution >= 0.6 is 0 Å². The molecule has 0 bridgehead atoms. The third-order valence-corrected chi connectivity index (χ3v) is 1.90. The number of rotatable bonds is 5. The maximum absolute atomic E-state index is 5.49. The molecular weight excluding hydrogens is 168 g/mol. The number of nitrogens with two attached hydrogens (primary N) is 1. The molecule has 1 atom stereocenters. The van der Waals surface area contributed by atoms with E-state index in [9.17, 15) is 0 Å². The van der Waals surface area contributed by atoms with Crippen molar-refractivity contribution in [3.63, 3.8) is 0 Å². The Morgan fingerprint density at radius 3 is 3.08 bits per heavy atom. The van der Waals surface area contributed by atoms with Crippen LogP contribution in [0.15, 0.2) is 10.8 Å². The van der Waals surface area contributed by atoms with Crippen LogP contribution in [0.25, 0.3) is 0 Å². The summed E-state index contributed by atoms with van der Waals surface area (Å²) in [6, 6.07) is 0. The van der Waals surface area contributed by atoms with Crippen molar-refractivity contribution in [1.29, 1.82) is 0 Å². The molecule has 0 fully saturated rings. The zero-order valence-corrected chi connectivity index (χ0v) is 8.12. The Hall–Kier alpha value is -0.870. The fourth-order valence-corrected chi connectivity index (χ4v) is 1.29. The van der Waals surface area contributed by atoms with Gasteiger partial charge in [-0.25, -0.2) is 4.98 Å². The van der Waals surface area contributed by atoms with Crippen LogP contribution in [0, 0.1) is 5.92 Å². The predicted octanol–water partition coefficient (Wildman–Crippen LogP) is 0.958. The monoisotopic (exact) mass is 184 g/mol. The molecule has 13 heavy (non-hydrogen) atoms. The SMILES string of the molecule is COCC(C)Cc1ocnc1CN. The first kappa shape index (κ1) is 10.2. The molecule has 1 aromatic heterocycles. The lowest BCUT2D eigenvalue weighted by Gasteiger charge is -2.07. The lowest BCUT2D eigenvalue weighted by molar-refractivity contribution is 0.156. The molecule has 4 nitrogen and oxygen atoms in total. The van der Waals surface area contributed by atoms with Gasteiger partial charge in [-0.2, -0.15) is 0 Å². The van der Waals surface area contributed by atoms with Crippen LogP contribution in [0.3, 0.4) is 0 Å². The molecule has 0 amide bonds. The normalized spacial score (nSPS) is 13.2. The molecule has 2 N–H and O–H groups in total. The largest absolute Gasteiger partial charge is 0.448 e. The Bertz CT molecular complexity index is 248. The molecule has 1 unspecified atom stereocenters. The van der Waals surface area contributed by atoms with Gasteiger partial charge in [0.2, 0.25) is 0 Å². The van der Waals surface area contributed by atoms with E-state index in [0.717, 1.165) is 24.5 Å². The van der Waals surface area contributed by atoms with Crippen LogP contribution < -0.4 is 5.73 Å². The summed E-state index contributed by atoms with van der Waals surface area (Å²) in [6.45, 7) is 3.27. The van der Waals surface area contributed by atoms with Crippen LogP contribution in [-0.2, 0) is 17.7 Å². The van der Waals surface area contributed by atoms with Gasteiger partial charge in [0.1, 0.15) is 5.76 Å². The third kappa shape index (κ3) is 2.82. The van der Waals surface area contributed by atoms with Crippen LogP contribution in [-0.4, -0.2) is 18.7 Å². The number of hydrogen-bond acceptors (Lipinski definition) is 4. The van der Waals surface area contributed by atoms with Gasteiger partial charge in [-0.15, -0.1) is 0 Å². The third-order valence-electron chi connectivity index (χ3n) is 1.90. The van der Waals surface area contributed by atoms with E-state index in [0.29, 0.717) is 12.5 Å². The highest BCUT2D eigenvalue weighted by molar-refractivity contribution is 5.07. The highest BCUT2D eigenvalue weighted by Gasteiger charge is 2.10. The van der Waals surface area contributed by atoms with Gasteiger partial charge >= 0.3 is 0 Å². The average Bonchev–Trinajstić information content (AvgIpc) is 2.52. The van der Waals surface area contributed by atoms with E-state index in [1.807, 2.05) is 0 Å². The fourth-order valence-electron chi connectivity index (χ4n) is 1.29. The first-order chi connectivity index (χ1) is 6.27. The Kier molecular flexibility index (Phi) is 3.92.